The Kier molecular flexibility index (Phi) is 5.13. The van der Waals surface area contributed by atoms with Crippen LogP contribution >= 0.6 is 0 Å². The Bertz CT molecular complexity index is 693. The molecule has 0 spiro atoms. The number of hydrogen-bond donors (Lipinski definition) is 1. The number of amides is 1. The van der Waals surface area contributed by atoms with Crippen LogP contribution < -0.4 is 5.32 Å². The van der Waals surface area contributed by atoms with Gasteiger partial charge in [-0.2, -0.15) is 0 Å². The van der Waals surface area contributed by atoms with Crippen LogP contribution in [0.2, 0.25) is 0 Å². The summed E-state index contributed by atoms with van der Waals surface area (Å²) in [6.45, 7) is 7.19. The number of hydrogen-bond acceptors (Lipinski definition) is 3. The Morgan fingerprint density at radius 3 is 2.52 bits per heavy atom. The number of nitrogens with zero attached hydrogens (tertiary/aromatic N) is 1. The van der Waals surface area contributed by atoms with E-state index < -0.39 is 23.6 Å². The van der Waals surface area contributed by atoms with Crippen LogP contribution in [-0.2, 0) is 4.79 Å². The van der Waals surface area contributed by atoms with Crippen molar-refractivity contribution in [1.29, 1.82) is 0 Å². The van der Waals surface area contributed by atoms with Crippen LogP contribution in [0.25, 0.3) is 0 Å². The summed E-state index contributed by atoms with van der Waals surface area (Å²) in [5, 5.41) is 6.72. The van der Waals surface area contributed by atoms with Crippen LogP contribution in [0.4, 0.5) is 8.78 Å². The van der Waals surface area contributed by atoms with Gasteiger partial charge in [-0.25, -0.2) is 8.78 Å². The molecular formula is C17H20F2N2O2. The van der Waals surface area contributed by atoms with Crippen LogP contribution in [0.3, 0.4) is 0 Å². The molecule has 1 amide bonds. The zero-order valence-corrected chi connectivity index (χ0v) is 13.6. The summed E-state index contributed by atoms with van der Waals surface area (Å²) in [5.41, 5.74) is 1.97. The molecule has 0 aliphatic rings. The normalized spacial score (nSPS) is 13.7. The van der Waals surface area contributed by atoms with Gasteiger partial charge >= 0.3 is 0 Å². The molecular weight excluding hydrogens is 302 g/mol. The van der Waals surface area contributed by atoms with Crippen molar-refractivity contribution < 1.29 is 18.1 Å². The highest BCUT2D eigenvalue weighted by atomic mass is 19.2. The molecule has 0 saturated carbocycles. The topological polar surface area (TPSA) is 55.1 Å². The molecule has 2 atom stereocenters. The van der Waals surface area contributed by atoms with Gasteiger partial charge in [-0.05, 0) is 44.9 Å². The Hall–Kier alpha value is -2.24. The third-order valence-electron chi connectivity index (χ3n) is 3.96. The van der Waals surface area contributed by atoms with E-state index in [2.05, 4.69) is 10.5 Å². The monoisotopic (exact) mass is 322 g/mol. The summed E-state index contributed by atoms with van der Waals surface area (Å²) in [7, 11) is 0. The summed E-state index contributed by atoms with van der Waals surface area (Å²) in [6, 6.07) is 3.17. The number of rotatable bonds is 5. The fourth-order valence-electron chi connectivity index (χ4n) is 2.69. The van der Waals surface area contributed by atoms with Crippen LogP contribution in [-0.4, -0.2) is 11.1 Å². The van der Waals surface area contributed by atoms with Crippen LogP contribution in [0.5, 0.6) is 0 Å². The van der Waals surface area contributed by atoms with Gasteiger partial charge in [0.15, 0.2) is 11.6 Å². The molecule has 1 aromatic carbocycles. The molecule has 4 nitrogen and oxygen atoms in total. The van der Waals surface area contributed by atoms with E-state index in [-0.39, 0.29) is 5.91 Å². The minimum Gasteiger partial charge on any atom is -0.361 e. The average molecular weight is 322 g/mol. The summed E-state index contributed by atoms with van der Waals surface area (Å²) >= 11 is 0. The van der Waals surface area contributed by atoms with Gasteiger partial charge in [0.1, 0.15) is 5.76 Å². The standard InChI is InChI=1S/C17H20F2N2O2/c1-5-13(16-10(3)21-23-11(16)4)17(22)20-9(2)12-6-7-14(18)15(19)8-12/h6-9,13H,5H2,1-4H3,(H,20,22)/t9-,13-/m0/s1. The maximum atomic E-state index is 13.3. The van der Waals surface area contributed by atoms with Gasteiger partial charge in [0, 0.05) is 5.56 Å². The SMILES string of the molecule is CC[C@H](C(=O)N[C@@H](C)c1ccc(F)c(F)c1)c1c(C)noc1C. The Balaban J connectivity index is 2.17. The maximum Gasteiger partial charge on any atom is 0.228 e. The lowest BCUT2D eigenvalue weighted by Gasteiger charge is -2.20. The lowest BCUT2D eigenvalue weighted by atomic mass is 9.93. The molecule has 23 heavy (non-hydrogen) atoms. The van der Waals surface area contributed by atoms with Crippen molar-refractivity contribution in [3.8, 4) is 0 Å². The van der Waals surface area contributed by atoms with Crippen LogP contribution in [0.15, 0.2) is 22.7 Å². The molecule has 6 heteroatoms. The largest absolute Gasteiger partial charge is 0.361 e. The van der Waals surface area contributed by atoms with E-state index in [0.29, 0.717) is 23.4 Å². The molecule has 0 unspecified atom stereocenters. The van der Waals surface area contributed by atoms with E-state index in [9.17, 15) is 13.6 Å². The van der Waals surface area contributed by atoms with Gasteiger partial charge in [0.05, 0.1) is 17.7 Å². The summed E-state index contributed by atoms with van der Waals surface area (Å²) < 4.78 is 31.5. The van der Waals surface area contributed by atoms with Gasteiger partial charge < -0.3 is 9.84 Å². The Labute approximate surface area is 133 Å². The third-order valence-corrected chi connectivity index (χ3v) is 3.96. The molecule has 1 aromatic heterocycles. The number of aromatic nitrogens is 1. The quantitative estimate of drug-likeness (QED) is 0.907. The van der Waals surface area contributed by atoms with Crippen LogP contribution in [0.1, 0.15) is 54.8 Å². The van der Waals surface area contributed by atoms with Gasteiger partial charge in [-0.1, -0.05) is 18.1 Å². The number of aryl methyl sites for hydroxylation is 2. The van der Waals surface area contributed by atoms with Crippen molar-refractivity contribution in [3.05, 3.63) is 52.4 Å². The third kappa shape index (κ3) is 3.57. The molecule has 2 aromatic rings. The maximum absolute atomic E-state index is 13.3. The molecule has 124 valence electrons. The fraction of sp³-hybridized carbons (Fsp3) is 0.412. The van der Waals surface area contributed by atoms with Crippen molar-refractivity contribution in [1.82, 2.24) is 10.5 Å². The first-order valence-electron chi connectivity index (χ1n) is 7.53. The fourth-order valence-corrected chi connectivity index (χ4v) is 2.69. The van der Waals surface area contributed by atoms with Crippen molar-refractivity contribution in [2.75, 3.05) is 0 Å². The number of nitrogens with one attached hydrogen (secondary N) is 1. The molecule has 1 N–H and O–H groups in total. The van der Waals surface area contributed by atoms with E-state index in [1.54, 1.807) is 20.8 Å². The summed E-state index contributed by atoms with van der Waals surface area (Å²) in [6.07, 6.45) is 0.583. The van der Waals surface area contributed by atoms with E-state index in [1.807, 2.05) is 6.92 Å². The molecule has 0 aliphatic carbocycles. The molecule has 2 rings (SSSR count). The minimum atomic E-state index is -0.929. The average Bonchev–Trinajstić information content (AvgIpc) is 2.83. The molecule has 0 aliphatic heterocycles. The number of carbonyl (C=O) groups excluding carboxylic acids is 1. The van der Waals surface area contributed by atoms with Gasteiger partial charge in [-0.3, -0.25) is 4.79 Å². The number of halogens is 2. The second-order valence-electron chi connectivity index (χ2n) is 5.60. The van der Waals surface area contributed by atoms with E-state index >= 15 is 0 Å². The van der Waals surface area contributed by atoms with E-state index in [0.717, 1.165) is 17.7 Å². The van der Waals surface area contributed by atoms with Crippen molar-refractivity contribution >= 4 is 5.91 Å². The van der Waals surface area contributed by atoms with Gasteiger partial charge in [-0.15, -0.1) is 0 Å². The highest BCUT2D eigenvalue weighted by Crippen LogP contribution is 2.27. The molecule has 0 fully saturated rings. The molecule has 0 saturated heterocycles. The van der Waals surface area contributed by atoms with Crippen molar-refractivity contribution in [3.63, 3.8) is 0 Å². The predicted octanol–water partition coefficient (Wildman–Crippen LogP) is 3.94. The Morgan fingerprint density at radius 1 is 1.30 bits per heavy atom. The lowest BCUT2D eigenvalue weighted by Crippen LogP contribution is -2.32. The van der Waals surface area contributed by atoms with Crippen molar-refractivity contribution in [2.45, 2.75) is 46.1 Å². The first-order chi connectivity index (χ1) is 10.8. The minimum absolute atomic E-state index is 0.195. The number of benzene rings is 1. The molecule has 0 radical (unpaired) electrons. The summed E-state index contributed by atoms with van der Waals surface area (Å²) in [4.78, 5) is 12.6. The van der Waals surface area contributed by atoms with Gasteiger partial charge in [0.25, 0.3) is 0 Å². The van der Waals surface area contributed by atoms with Crippen LogP contribution in [0, 0.1) is 25.5 Å². The number of carbonyl (C=O) groups is 1. The zero-order valence-electron chi connectivity index (χ0n) is 13.6. The van der Waals surface area contributed by atoms with Gasteiger partial charge in [0.2, 0.25) is 5.91 Å². The lowest BCUT2D eigenvalue weighted by molar-refractivity contribution is -0.123. The highest BCUT2D eigenvalue weighted by Gasteiger charge is 2.26. The molecule has 1 heterocycles. The first kappa shape index (κ1) is 17.1. The first-order valence-corrected chi connectivity index (χ1v) is 7.53. The second-order valence-corrected chi connectivity index (χ2v) is 5.60. The smallest absolute Gasteiger partial charge is 0.228 e. The van der Waals surface area contributed by atoms with E-state index in [4.69, 9.17) is 4.52 Å². The zero-order chi connectivity index (χ0) is 17.1. The van der Waals surface area contributed by atoms with E-state index in [1.165, 1.54) is 6.07 Å². The van der Waals surface area contributed by atoms with Crippen molar-refractivity contribution in [2.24, 2.45) is 0 Å². The highest BCUT2D eigenvalue weighted by molar-refractivity contribution is 5.84. The Morgan fingerprint density at radius 2 is 2.00 bits per heavy atom. The second kappa shape index (κ2) is 6.89. The molecule has 0 bridgehead atoms. The predicted molar refractivity (Wildman–Crippen MR) is 81.9 cm³/mol. The summed E-state index contributed by atoms with van der Waals surface area (Å²) in [5.74, 6) is -1.81.